The Bertz CT molecular complexity index is 876. The Balaban J connectivity index is 1.55. The molecule has 0 aliphatic carbocycles. The average Bonchev–Trinajstić information content (AvgIpc) is 3.27. The first-order valence-corrected chi connectivity index (χ1v) is 8.41. The van der Waals surface area contributed by atoms with Gasteiger partial charge in [-0.1, -0.05) is 18.2 Å². The molecule has 6 heteroatoms. The zero-order valence-corrected chi connectivity index (χ0v) is 13.6. The van der Waals surface area contributed by atoms with E-state index in [9.17, 15) is 4.79 Å². The molecule has 0 spiro atoms. The van der Waals surface area contributed by atoms with Crippen LogP contribution in [0.5, 0.6) is 0 Å². The highest BCUT2D eigenvalue weighted by Crippen LogP contribution is 2.34. The normalized spacial score (nSPS) is 22.6. The van der Waals surface area contributed by atoms with Crippen LogP contribution in [0.2, 0.25) is 0 Å². The molecule has 1 aromatic carbocycles. The van der Waals surface area contributed by atoms with E-state index < -0.39 is 0 Å². The molecule has 4 aliphatic heterocycles. The number of hydrogen-bond donors (Lipinski definition) is 1. The molecule has 5 rings (SSSR count). The molecule has 0 radical (unpaired) electrons. The average molecular weight is 335 g/mol. The van der Waals surface area contributed by atoms with Crippen molar-refractivity contribution in [3.05, 3.63) is 70.7 Å². The molecule has 1 amide bonds. The summed E-state index contributed by atoms with van der Waals surface area (Å²) < 4.78 is 11.2. The summed E-state index contributed by atoms with van der Waals surface area (Å²) in [6.07, 6.45) is 5.71. The van der Waals surface area contributed by atoms with Crippen LogP contribution in [-0.2, 0) is 14.3 Å². The molecule has 1 aromatic rings. The lowest BCUT2D eigenvalue weighted by Gasteiger charge is -2.28. The first-order chi connectivity index (χ1) is 12.3. The second-order valence-electron chi connectivity index (χ2n) is 6.29. The number of amides is 1. The van der Waals surface area contributed by atoms with Crippen LogP contribution in [0.1, 0.15) is 23.8 Å². The number of rotatable bonds is 2. The van der Waals surface area contributed by atoms with Crippen LogP contribution in [0.3, 0.4) is 0 Å². The molecule has 126 valence electrons. The minimum Gasteiger partial charge on any atom is -0.346 e. The van der Waals surface area contributed by atoms with E-state index in [1.807, 2.05) is 30.5 Å². The van der Waals surface area contributed by atoms with Crippen LogP contribution in [0.4, 0.5) is 0 Å². The summed E-state index contributed by atoms with van der Waals surface area (Å²) in [6, 6.07) is 8.11. The number of nitrogens with zero attached hydrogens (tertiary/aromatic N) is 2. The number of benzene rings is 1. The molecule has 0 unspecified atom stereocenters. The van der Waals surface area contributed by atoms with Crippen LogP contribution >= 0.6 is 0 Å². The van der Waals surface area contributed by atoms with E-state index in [4.69, 9.17) is 9.47 Å². The molecule has 0 aromatic heterocycles. The van der Waals surface area contributed by atoms with Gasteiger partial charge in [-0.15, -0.1) is 0 Å². The highest BCUT2D eigenvalue weighted by Gasteiger charge is 2.33. The van der Waals surface area contributed by atoms with E-state index in [0.717, 1.165) is 46.9 Å². The molecule has 1 saturated heterocycles. The van der Waals surface area contributed by atoms with Gasteiger partial charge in [-0.25, -0.2) is 4.99 Å². The Kier molecular flexibility index (Phi) is 3.33. The lowest BCUT2D eigenvalue weighted by atomic mass is 10.1. The highest BCUT2D eigenvalue weighted by molar-refractivity contribution is 6.03. The molecule has 1 fully saturated rings. The minimum absolute atomic E-state index is 0.0845. The fourth-order valence-electron chi connectivity index (χ4n) is 3.63. The smallest absolute Gasteiger partial charge is 0.248 e. The molecule has 0 atom stereocenters. The highest BCUT2D eigenvalue weighted by atomic mass is 16.7. The molecular weight excluding hydrogens is 318 g/mol. The zero-order chi connectivity index (χ0) is 16.8. The zero-order valence-electron chi connectivity index (χ0n) is 13.6. The first-order valence-electron chi connectivity index (χ1n) is 8.41. The van der Waals surface area contributed by atoms with Crippen molar-refractivity contribution in [3.63, 3.8) is 0 Å². The lowest BCUT2D eigenvalue weighted by molar-refractivity contribution is -0.115. The van der Waals surface area contributed by atoms with Gasteiger partial charge < -0.3 is 19.7 Å². The monoisotopic (exact) mass is 335 g/mol. The Hall–Kier alpha value is -2.70. The predicted octanol–water partition coefficient (Wildman–Crippen LogP) is 1.98. The van der Waals surface area contributed by atoms with Crippen molar-refractivity contribution in [1.29, 1.82) is 0 Å². The topological polar surface area (TPSA) is 63.2 Å². The van der Waals surface area contributed by atoms with Crippen LogP contribution in [-0.4, -0.2) is 36.4 Å². The molecule has 0 bridgehead atoms. The number of hydrogen-bond acceptors (Lipinski definition) is 5. The molecule has 4 aliphatic rings. The van der Waals surface area contributed by atoms with Crippen molar-refractivity contribution in [2.45, 2.75) is 12.7 Å². The van der Waals surface area contributed by atoms with Crippen molar-refractivity contribution in [3.8, 4) is 0 Å². The van der Waals surface area contributed by atoms with Crippen molar-refractivity contribution in [1.82, 2.24) is 10.2 Å². The summed E-state index contributed by atoms with van der Waals surface area (Å²) >= 11 is 0. The molecular formula is C19H17N3O3. The maximum absolute atomic E-state index is 11.8. The van der Waals surface area contributed by atoms with Gasteiger partial charge in [0.15, 0.2) is 6.29 Å². The van der Waals surface area contributed by atoms with E-state index in [-0.39, 0.29) is 12.2 Å². The minimum atomic E-state index is -0.302. The summed E-state index contributed by atoms with van der Waals surface area (Å²) in [4.78, 5) is 18.7. The van der Waals surface area contributed by atoms with Gasteiger partial charge in [0, 0.05) is 47.6 Å². The maximum atomic E-state index is 11.8. The SMILES string of the molecule is O=C1C=CC2=CN=C(c3cccc(C4OCCO4)c3)N3CCC(=C23)N1. The molecule has 1 N–H and O–H groups in total. The maximum Gasteiger partial charge on any atom is 0.248 e. The summed E-state index contributed by atoms with van der Waals surface area (Å²) in [5.41, 5.74) is 4.99. The van der Waals surface area contributed by atoms with Crippen molar-refractivity contribution < 1.29 is 14.3 Å². The third-order valence-electron chi connectivity index (χ3n) is 4.72. The number of ether oxygens (including phenoxy) is 2. The van der Waals surface area contributed by atoms with Gasteiger partial charge in [0.2, 0.25) is 5.91 Å². The quantitative estimate of drug-likeness (QED) is 0.898. The number of amidine groups is 1. The summed E-state index contributed by atoms with van der Waals surface area (Å²) in [7, 11) is 0. The van der Waals surface area contributed by atoms with E-state index in [1.165, 1.54) is 0 Å². The van der Waals surface area contributed by atoms with Gasteiger partial charge in [0.25, 0.3) is 0 Å². The molecule has 0 saturated carbocycles. The van der Waals surface area contributed by atoms with Crippen LogP contribution in [0.25, 0.3) is 0 Å². The van der Waals surface area contributed by atoms with E-state index in [0.29, 0.717) is 13.2 Å². The second kappa shape index (κ2) is 5.68. The van der Waals surface area contributed by atoms with Gasteiger partial charge in [-0.3, -0.25) is 4.79 Å². The van der Waals surface area contributed by atoms with Crippen LogP contribution in [0.15, 0.2) is 64.6 Å². The first kappa shape index (κ1) is 14.6. The summed E-state index contributed by atoms with van der Waals surface area (Å²) in [5, 5.41) is 2.97. The molecule has 6 nitrogen and oxygen atoms in total. The van der Waals surface area contributed by atoms with Gasteiger partial charge in [-0.2, -0.15) is 0 Å². The van der Waals surface area contributed by atoms with Crippen molar-refractivity contribution >= 4 is 11.7 Å². The van der Waals surface area contributed by atoms with E-state index >= 15 is 0 Å². The second-order valence-corrected chi connectivity index (χ2v) is 6.29. The van der Waals surface area contributed by atoms with Gasteiger partial charge in [0.05, 0.1) is 18.9 Å². The van der Waals surface area contributed by atoms with Gasteiger partial charge in [0.1, 0.15) is 5.84 Å². The number of nitrogens with one attached hydrogen (secondary N) is 1. The third-order valence-corrected chi connectivity index (χ3v) is 4.72. The Morgan fingerprint density at radius 2 is 2.08 bits per heavy atom. The fourth-order valence-corrected chi connectivity index (χ4v) is 3.63. The number of aliphatic imine (C=N–C) groups is 1. The predicted molar refractivity (Wildman–Crippen MR) is 91.3 cm³/mol. The van der Waals surface area contributed by atoms with Gasteiger partial charge in [-0.05, 0) is 12.1 Å². The number of carbonyl (C=O) groups is 1. The van der Waals surface area contributed by atoms with E-state index in [1.54, 1.807) is 6.08 Å². The largest absolute Gasteiger partial charge is 0.346 e. The van der Waals surface area contributed by atoms with Gasteiger partial charge >= 0.3 is 0 Å². The lowest BCUT2D eigenvalue weighted by Crippen LogP contribution is -2.31. The van der Waals surface area contributed by atoms with E-state index in [2.05, 4.69) is 21.3 Å². The third kappa shape index (κ3) is 2.42. The fraction of sp³-hybridized carbons (Fsp3) is 0.263. The summed E-state index contributed by atoms with van der Waals surface area (Å²) in [5.74, 6) is 0.803. The standard InChI is InChI=1S/C19H17N3O3/c23-16-5-4-14-11-20-18(22-7-6-15(21-16)17(14)22)12-2-1-3-13(10-12)19-24-8-9-25-19/h1-5,10-11,19H,6-9H2,(H,21,23). The Labute approximate surface area is 145 Å². The number of allylic oxidation sites excluding steroid dienone is 1. The van der Waals surface area contributed by atoms with Crippen molar-refractivity contribution in [2.75, 3.05) is 19.8 Å². The Morgan fingerprint density at radius 1 is 1.20 bits per heavy atom. The van der Waals surface area contributed by atoms with Crippen LogP contribution in [0, 0.1) is 0 Å². The molecule has 25 heavy (non-hydrogen) atoms. The number of carbonyl (C=O) groups excluding carboxylic acids is 1. The molecule has 4 heterocycles. The van der Waals surface area contributed by atoms with Crippen molar-refractivity contribution in [2.24, 2.45) is 4.99 Å². The van der Waals surface area contributed by atoms with Crippen LogP contribution < -0.4 is 5.32 Å². The summed E-state index contributed by atoms with van der Waals surface area (Å²) in [6.45, 7) is 2.04. The Morgan fingerprint density at radius 3 is 2.96 bits per heavy atom.